The molecule has 1 unspecified atom stereocenters. The standard InChI is InChI=1S/C61H108O6/c1-4-7-10-13-16-19-22-24-26-27-28-29-30-31-32-33-35-36-39-42-45-48-51-54-60(63)66-57-58(56-65-59(62)53-50-47-44-41-38-21-18-15-12-9-6-3)67-61(64)55-52-49-46-43-40-37-34-25-23-20-17-14-11-8-5-2/h7,10,15-16,18-19,24,26,28-29,58H,4-6,8-9,11-14,17,20-23,25,27,30-57H2,1-3H3/b10-7-,18-15-,19-16-,26-24-,29-28-. The minimum absolute atomic E-state index is 0.0763. The van der Waals surface area contributed by atoms with Crippen LogP contribution in [-0.4, -0.2) is 37.2 Å². The van der Waals surface area contributed by atoms with Crippen LogP contribution in [0, 0.1) is 0 Å². The fourth-order valence-corrected chi connectivity index (χ4v) is 8.18. The van der Waals surface area contributed by atoms with E-state index in [2.05, 4.69) is 81.5 Å². The minimum Gasteiger partial charge on any atom is -0.462 e. The van der Waals surface area contributed by atoms with Crippen LogP contribution in [0.15, 0.2) is 60.8 Å². The molecule has 0 aromatic carbocycles. The zero-order valence-electron chi connectivity index (χ0n) is 44.4. The summed E-state index contributed by atoms with van der Waals surface area (Å²) in [7, 11) is 0. The first-order valence-corrected chi connectivity index (χ1v) is 28.8. The van der Waals surface area contributed by atoms with Crippen molar-refractivity contribution >= 4 is 17.9 Å². The Labute approximate surface area is 415 Å². The van der Waals surface area contributed by atoms with Gasteiger partial charge in [-0.1, -0.05) is 255 Å². The predicted octanol–water partition coefficient (Wildman–Crippen LogP) is 19.2. The average molecular weight is 938 g/mol. The number of hydrogen-bond donors (Lipinski definition) is 0. The lowest BCUT2D eigenvalue weighted by Gasteiger charge is -2.18. The Morgan fingerprint density at radius 3 is 0.970 bits per heavy atom. The molecule has 0 amide bonds. The van der Waals surface area contributed by atoms with Crippen molar-refractivity contribution in [1.29, 1.82) is 0 Å². The Balaban J connectivity index is 4.28. The van der Waals surface area contributed by atoms with Gasteiger partial charge < -0.3 is 14.2 Å². The van der Waals surface area contributed by atoms with E-state index in [4.69, 9.17) is 14.2 Å². The van der Waals surface area contributed by atoms with E-state index < -0.39 is 6.10 Å². The molecule has 0 spiro atoms. The van der Waals surface area contributed by atoms with Crippen molar-refractivity contribution in [2.75, 3.05) is 13.2 Å². The van der Waals surface area contributed by atoms with Gasteiger partial charge in [-0.05, 0) is 77.0 Å². The highest BCUT2D eigenvalue weighted by molar-refractivity contribution is 5.71. The highest BCUT2D eigenvalue weighted by Crippen LogP contribution is 2.16. The predicted molar refractivity (Wildman–Crippen MR) is 288 cm³/mol. The topological polar surface area (TPSA) is 78.9 Å². The molecule has 0 saturated carbocycles. The van der Waals surface area contributed by atoms with E-state index >= 15 is 0 Å². The zero-order chi connectivity index (χ0) is 48.6. The fourth-order valence-electron chi connectivity index (χ4n) is 8.18. The summed E-state index contributed by atoms with van der Waals surface area (Å²) >= 11 is 0. The van der Waals surface area contributed by atoms with Gasteiger partial charge in [0, 0.05) is 19.3 Å². The number of carbonyl (C=O) groups excluding carboxylic acids is 3. The number of ether oxygens (including phenoxy) is 3. The summed E-state index contributed by atoms with van der Waals surface area (Å²) in [5.74, 6) is -0.878. The van der Waals surface area contributed by atoms with Crippen LogP contribution in [0.5, 0.6) is 0 Å². The second-order valence-corrected chi connectivity index (χ2v) is 19.2. The Morgan fingerprint density at radius 2 is 0.597 bits per heavy atom. The van der Waals surface area contributed by atoms with Crippen molar-refractivity contribution in [1.82, 2.24) is 0 Å². The second-order valence-electron chi connectivity index (χ2n) is 19.2. The molecule has 0 N–H and O–H groups in total. The van der Waals surface area contributed by atoms with E-state index in [1.54, 1.807) is 0 Å². The zero-order valence-corrected chi connectivity index (χ0v) is 44.4. The van der Waals surface area contributed by atoms with Crippen LogP contribution in [0.3, 0.4) is 0 Å². The normalized spacial score (nSPS) is 12.5. The van der Waals surface area contributed by atoms with Gasteiger partial charge >= 0.3 is 17.9 Å². The summed E-state index contributed by atoms with van der Waals surface area (Å²) in [4.78, 5) is 38.1. The van der Waals surface area contributed by atoms with E-state index in [1.165, 1.54) is 161 Å². The quantitative estimate of drug-likeness (QED) is 0.0262. The summed E-state index contributed by atoms with van der Waals surface area (Å²) in [6.07, 6.45) is 69.3. The van der Waals surface area contributed by atoms with Crippen LogP contribution in [0.4, 0.5) is 0 Å². The smallest absolute Gasteiger partial charge is 0.306 e. The Bertz CT molecular complexity index is 1210. The molecule has 0 radical (unpaired) electrons. The minimum atomic E-state index is -0.776. The van der Waals surface area contributed by atoms with Gasteiger partial charge in [0.2, 0.25) is 0 Å². The average Bonchev–Trinajstić information content (AvgIpc) is 3.33. The number of rotatable bonds is 52. The molecule has 388 valence electrons. The maximum atomic E-state index is 12.8. The molecule has 67 heavy (non-hydrogen) atoms. The van der Waals surface area contributed by atoms with E-state index in [-0.39, 0.29) is 31.1 Å². The summed E-state index contributed by atoms with van der Waals surface area (Å²) in [6.45, 7) is 6.51. The van der Waals surface area contributed by atoms with Crippen LogP contribution in [-0.2, 0) is 28.6 Å². The van der Waals surface area contributed by atoms with Crippen LogP contribution in [0.25, 0.3) is 0 Å². The number of unbranched alkanes of at least 4 members (excludes halogenated alkanes) is 31. The summed E-state index contributed by atoms with van der Waals surface area (Å²) in [6, 6.07) is 0. The lowest BCUT2D eigenvalue weighted by molar-refractivity contribution is -0.167. The van der Waals surface area contributed by atoms with E-state index in [1.807, 2.05) is 0 Å². The summed E-state index contributed by atoms with van der Waals surface area (Å²) in [5, 5.41) is 0. The van der Waals surface area contributed by atoms with Gasteiger partial charge in [-0.25, -0.2) is 0 Å². The molecule has 0 saturated heterocycles. The lowest BCUT2D eigenvalue weighted by atomic mass is 10.0. The SMILES string of the molecule is CC/C=C\C/C=C\C/C=C\C/C=C\CCCCCCCCCCCCC(=O)OCC(COC(=O)CCCCCCC/C=C\CCCC)OC(=O)CCCCCCCCCCCCCCCCC. The molecule has 1 atom stereocenters. The van der Waals surface area contributed by atoms with Gasteiger partial charge in [0.05, 0.1) is 0 Å². The van der Waals surface area contributed by atoms with Crippen molar-refractivity contribution in [3.8, 4) is 0 Å². The van der Waals surface area contributed by atoms with Crippen molar-refractivity contribution in [2.45, 2.75) is 297 Å². The van der Waals surface area contributed by atoms with Gasteiger partial charge in [0.25, 0.3) is 0 Å². The third-order valence-corrected chi connectivity index (χ3v) is 12.5. The third kappa shape index (κ3) is 53.9. The lowest BCUT2D eigenvalue weighted by Crippen LogP contribution is -2.30. The maximum Gasteiger partial charge on any atom is 0.306 e. The Morgan fingerprint density at radius 1 is 0.313 bits per heavy atom. The molecule has 0 fully saturated rings. The number of allylic oxidation sites excluding steroid dienone is 10. The number of hydrogen-bond acceptors (Lipinski definition) is 6. The van der Waals surface area contributed by atoms with Crippen molar-refractivity contribution < 1.29 is 28.6 Å². The van der Waals surface area contributed by atoms with Crippen molar-refractivity contribution in [2.24, 2.45) is 0 Å². The fraction of sp³-hybridized carbons (Fsp3) is 0.787. The van der Waals surface area contributed by atoms with Crippen LogP contribution in [0.1, 0.15) is 290 Å². The van der Waals surface area contributed by atoms with Gasteiger partial charge in [-0.2, -0.15) is 0 Å². The van der Waals surface area contributed by atoms with Crippen LogP contribution < -0.4 is 0 Å². The van der Waals surface area contributed by atoms with Gasteiger partial charge in [0.15, 0.2) is 6.10 Å². The molecule has 0 rings (SSSR count). The van der Waals surface area contributed by atoms with Crippen molar-refractivity contribution in [3.05, 3.63) is 60.8 Å². The molecule has 0 heterocycles. The molecular weight excluding hydrogens is 829 g/mol. The van der Waals surface area contributed by atoms with Crippen molar-refractivity contribution in [3.63, 3.8) is 0 Å². The third-order valence-electron chi connectivity index (χ3n) is 12.5. The van der Waals surface area contributed by atoms with E-state index in [9.17, 15) is 14.4 Å². The first kappa shape index (κ1) is 64.1. The second kappa shape index (κ2) is 55.7. The highest BCUT2D eigenvalue weighted by Gasteiger charge is 2.19. The molecule has 0 aliphatic carbocycles. The molecule has 0 aliphatic heterocycles. The molecule has 0 aromatic heterocycles. The molecular formula is C61H108O6. The van der Waals surface area contributed by atoms with Gasteiger partial charge in [-0.3, -0.25) is 14.4 Å². The molecule has 0 aromatic rings. The van der Waals surface area contributed by atoms with E-state index in [0.717, 1.165) is 89.9 Å². The number of esters is 3. The highest BCUT2D eigenvalue weighted by atomic mass is 16.6. The van der Waals surface area contributed by atoms with Crippen LogP contribution in [0.2, 0.25) is 0 Å². The molecule has 0 aliphatic rings. The number of carbonyl (C=O) groups is 3. The summed E-state index contributed by atoms with van der Waals surface area (Å²) < 4.78 is 16.8. The Hall–Kier alpha value is -2.89. The van der Waals surface area contributed by atoms with Crippen LogP contribution >= 0.6 is 0 Å². The van der Waals surface area contributed by atoms with Gasteiger partial charge in [-0.15, -0.1) is 0 Å². The maximum absolute atomic E-state index is 12.8. The molecule has 6 nitrogen and oxygen atoms in total. The molecule has 6 heteroatoms. The monoisotopic (exact) mass is 937 g/mol. The first-order valence-electron chi connectivity index (χ1n) is 28.8. The Kier molecular flexibility index (Phi) is 53.3. The van der Waals surface area contributed by atoms with Gasteiger partial charge in [0.1, 0.15) is 13.2 Å². The largest absolute Gasteiger partial charge is 0.462 e. The first-order chi connectivity index (χ1) is 33.0. The molecule has 0 bridgehead atoms. The summed E-state index contributed by atoms with van der Waals surface area (Å²) in [5.41, 5.74) is 0. The van der Waals surface area contributed by atoms with E-state index in [0.29, 0.717) is 19.3 Å².